The highest BCUT2D eigenvalue weighted by Gasteiger charge is 2.40. The molecule has 0 aromatic heterocycles. The van der Waals surface area contributed by atoms with Gasteiger partial charge in [-0.25, -0.2) is 9.18 Å². The third-order valence-corrected chi connectivity index (χ3v) is 13.2. The van der Waals surface area contributed by atoms with Crippen LogP contribution in [0.3, 0.4) is 0 Å². The lowest BCUT2D eigenvalue weighted by Crippen LogP contribution is -2.47. The first-order chi connectivity index (χ1) is 18.7. The topological polar surface area (TPSA) is 66.8 Å². The van der Waals surface area contributed by atoms with Crippen LogP contribution >= 0.6 is 23.4 Å². The molecule has 0 aliphatic rings. The second kappa shape index (κ2) is 13.3. The van der Waals surface area contributed by atoms with Gasteiger partial charge in [-0.05, 0) is 85.1 Å². The Kier molecular flexibility index (Phi) is 10.6. The van der Waals surface area contributed by atoms with Gasteiger partial charge in [-0.3, -0.25) is 4.79 Å². The number of carbonyl (C=O) groups is 2. The minimum atomic E-state index is -2.23. The summed E-state index contributed by atoms with van der Waals surface area (Å²) < 4.78 is 20.2. The molecule has 0 spiro atoms. The summed E-state index contributed by atoms with van der Waals surface area (Å²) in [6.45, 7) is 12.9. The third-order valence-electron chi connectivity index (χ3n) is 7.38. The van der Waals surface area contributed by atoms with E-state index in [0.29, 0.717) is 28.2 Å². The van der Waals surface area contributed by atoms with Gasteiger partial charge in [0.05, 0.1) is 12.6 Å². The number of carbonyl (C=O) groups excluding carboxylic acids is 1. The van der Waals surface area contributed by atoms with Gasteiger partial charge in [0.25, 0.3) is 0 Å². The van der Waals surface area contributed by atoms with Gasteiger partial charge in [-0.1, -0.05) is 68.4 Å². The number of hydrogen-bond donors (Lipinski definition) is 1. The largest absolute Gasteiger partial charge is 0.465 e. The van der Waals surface area contributed by atoms with E-state index in [-0.39, 0.29) is 17.6 Å². The average molecular weight is 602 g/mol. The number of benzene rings is 3. The summed E-state index contributed by atoms with van der Waals surface area (Å²) in [5.41, 5.74) is 2.13. The lowest BCUT2D eigenvalue weighted by atomic mass is 10.0. The van der Waals surface area contributed by atoms with Crippen molar-refractivity contribution >= 4 is 44.1 Å². The highest BCUT2D eigenvalue weighted by atomic mass is 35.5. The van der Waals surface area contributed by atoms with Crippen molar-refractivity contribution in [1.82, 2.24) is 4.90 Å². The monoisotopic (exact) mass is 601 g/mol. The molecule has 0 bridgehead atoms. The molecule has 3 aromatic carbocycles. The lowest BCUT2D eigenvalue weighted by molar-refractivity contribution is 0.0843. The molecule has 0 fully saturated rings. The Morgan fingerprint density at radius 1 is 1.12 bits per heavy atom. The Hall–Kier alpha value is -2.65. The predicted molar refractivity (Wildman–Crippen MR) is 163 cm³/mol. The van der Waals surface area contributed by atoms with Crippen molar-refractivity contribution in [1.29, 1.82) is 0 Å². The fourth-order valence-electron chi connectivity index (χ4n) is 4.05. The molecule has 0 saturated carbocycles. The van der Waals surface area contributed by atoms with Gasteiger partial charge in [0.2, 0.25) is 0 Å². The van der Waals surface area contributed by atoms with E-state index in [0.717, 1.165) is 16.0 Å². The Morgan fingerprint density at radius 3 is 2.38 bits per heavy atom. The van der Waals surface area contributed by atoms with Crippen LogP contribution in [0.1, 0.15) is 55.3 Å². The molecule has 0 aliphatic carbocycles. The molecule has 2 atom stereocenters. The van der Waals surface area contributed by atoms with E-state index in [2.05, 4.69) is 33.9 Å². The summed E-state index contributed by atoms with van der Waals surface area (Å²) in [7, 11) is -2.23. The van der Waals surface area contributed by atoms with Crippen molar-refractivity contribution in [3.05, 3.63) is 94.3 Å². The number of carboxylic acid groups (broad SMARTS) is 1. The van der Waals surface area contributed by atoms with Crippen molar-refractivity contribution in [2.24, 2.45) is 0 Å². The molecule has 0 radical (unpaired) electrons. The van der Waals surface area contributed by atoms with Crippen LogP contribution in [0.25, 0.3) is 0 Å². The molecule has 5 nitrogen and oxygen atoms in total. The second-order valence-corrected chi connectivity index (χ2v) is 17.8. The van der Waals surface area contributed by atoms with Crippen LogP contribution in [0.5, 0.6) is 0 Å². The second-order valence-electron chi connectivity index (χ2n) is 11.5. The number of amides is 1. The molecule has 3 rings (SSSR count). The summed E-state index contributed by atoms with van der Waals surface area (Å²) in [5.74, 6) is -0.453. The van der Waals surface area contributed by atoms with Crippen LogP contribution in [0.15, 0.2) is 76.5 Å². The van der Waals surface area contributed by atoms with E-state index in [4.69, 9.17) is 16.0 Å². The van der Waals surface area contributed by atoms with Crippen LogP contribution < -0.4 is 0 Å². The first-order valence-corrected chi connectivity index (χ1v) is 17.2. The third kappa shape index (κ3) is 8.43. The van der Waals surface area contributed by atoms with Gasteiger partial charge in [-0.15, -0.1) is 0 Å². The zero-order chi connectivity index (χ0) is 29.7. The van der Waals surface area contributed by atoms with Crippen LogP contribution in [0.2, 0.25) is 23.2 Å². The zero-order valence-electron chi connectivity index (χ0n) is 23.8. The summed E-state index contributed by atoms with van der Waals surface area (Å²) in [4.78, 5) is 26.8. The molecular formula is C31H37ClFNO4SSi. The number of halogens is 2. The molecule has 214 valence electrons. The first kappa shape index (κ1) is 31.9. The molecule has 0 saturated heterocycles. The van der Waals surface area contributed by atoms with E-state index in [1.807, 2.05) is 49.4 Å². The Balaban J connectivity index is 1.78. The highest BCUT2D eigenvalue weighted by Crippen LogP contribution is 2.40. The lowest BCUT2D eigenvalue weighted by Gasteiger charge is -2.41. The standard InChI is InChI=1S/C31H37ClFNO4SSi/c1-21(16-22-10-13-27(14-11-22)39-29-15-12-26(33)18-24(29)20-35)34(30(36)37)19-28(23-8-7-9-25(32)17-23)38-40(5,6)31(2,3)4/h7-15,17-18,20-21,28H,16,19H2,1-6H3,(H,36,37)/t21-,28-/m1/s1. The van der Waals surface area contributed by atoms with E-state index in [1.165, 1.54) is 28.8 Å². The number of aldehydes is 1. The molecule has 1 N–H and O–H groups in total. The highest BCUT2D eigenvalue weighted by molar-refractivity contribution is 7.99. The van der Waals surface area contributed by atoms with Crippen molar-refractivity contribution in [3.63, 3.8) is 0 Å². The SMILES string of the molecule is C[C@H](Cc1ccc(Sc2ccc(F)cc2C=O)cc1)N(C[C@@H](O[Si](C)(C)C(C)(C)C)c1cccc(Cl)c1)C(=O)O. The number of hydrogen-bond acceptors (Lipinski definition) is 4. The number of nitrogens with zero attached hydrogens (tertiary/aromatic N) is 1. The van der Waals surface area contributed by atoms with Gasteiger partial charge in [-0.2, -0.15) is 0 Å². The van der Waals surface area contributed by atoms with Gasteiger partial charge in [0.15, 0.2) is 14.6 Å². The molecule has 0 unspecified atom stereocenters. The molecule has 40 heavy (non-hydrogen) atoms. The summed E-state index contributed by atoms with van der Waals surface area (Å²) in [6.07, 6.45) is -0.314. The maximum atomic E-state index is 13.5. The Morgan fingerprint density at radius 2 is 1.80 bits per heavy atom. The van der Waals surface area contributed by atoms with Crippen LogP contribution in [-0.2, 0) is 10.8 Å². The molecular weight excluding hydrogens is 565 g/mol. The molecule has 0 heterocycles. The van der Waals surface area contributed by atoms with E-state index in [1.54, 1.807) is 12.1 Å². The Labute approximate surface area is 246 Å². The van der Waals surface area contributed by atoms with E-state index in [9.17, 15) is 19.1 Å². The van der Waals surface area contributed by atoms with Gasteiger partial charge >= 0.3 is 6.09 Å². The van der Waals surface area contributed by atoms with E-state index < -0.39 is 26.3 Å². The average Bonchev–Trinajstić information content (AvgIpc) is 2.87. The van der Waals surface area contributed by atoms with Crippen molar-refractivity contribution in [2.45, 2.75) is 74.2 Å². The fraction of sp³-hybridized carbons (Fsp3) is 0.355. The predicted octanol–water partition coefficient (Wildman–Crippen LogP) is 9.12. The minimum Gasteiger partial charge on any atom is -0.465 e. The van der Waals surface area contributed by atoms with Crippen molar-refractivity contribution < 1.29 is 23.5 Å². The summed E-state index contributed by atoms with van der Waals surface area (Å²) in [5, 5.41) is 10.7. The smallest absolute Gasteiger partial charge is 0.407 e. The quantitative estimate of drug-likeness (QED) is 0.175. The minimum absolute atomic E-state index is 0.0519. The summed E-state index contributed by atoms with van der Waals surface area (Å²) in [6, 6.07) is 19.0. The van der Waals surface area contributed by atoms with Gasteiger partial charge < -0.3 is 14.4 Å². The van der Waals surface area contributed by atoms with Gasteiger partial charge in [0, 0.05) is 26.4 Å². The van der Waals surface area contributed by atoms with Crippen molar-refractivity contribution in [2.75, 3.05) is 6.54 Å². The van der Waals surface area contributed by atoms with Crippen LogP contribution in [0, 0.1) is 5.82 Å². The molecule has 0 aliphatic heterocycles. The Bertz CT molecular complexity index is 1330. The number of rotatable bonds is 11. The molecule has 9 heteroatoms. The fourth-order valence-corrected chi connectivity index (χ4v) is 6.41. The van der Waals surface area contributed by atoms with E-state index >= 15 is 0 Å². The molecule has 1 amide bonds. The van der Waals surface area contributed by atoms with Crippen LogP contribution in [-0.4, -0.2) is 43.3 Å². The van der Waals surface area contributed by atoms with Crippen LogP contribution in [0.4, 0.5) is 9.18 Å². The molecule has 3 aromatic rings. The maximum Gasteiger partial charge on any atom is 0.407 e. The summed E-state index contributed by atoms with van der Waals surface area (Å²) >= 11 is 7.67. The van der Waals surface area contributed by atoms with Crippen molar-refractivity contribution in [3.8, 4) is 0 Å². The zero-order valence-corrected chi connectivity index (χ0v) is 26.4. The maximum absolute atomic E-state index is 13.5. The first-order valence-electron chi connectivity index (χ1n) is 13.1. The normalized spacial score (nSPS) is 13.5. The van der Waals surface area contributed by atoms with Gasteiger partial charge in [0.1, 0.15) is 5.82 Å².